The molecule has 0 saturated carbocycles. The Hall–Kier alpha value is -1.04. The summed E-state index contributed by atoms with van der Waals surface area (Å²) in [6, 6.07) is 0.319. The minimum Gasteiger partial charge on any atom is -0.381 e. The van der Waals surface area contributed by atoms with E-state index in [1.807, 2.05) is 12.4 Å². The number of nitrogens with zero attached hydrogens (tertiary/aromatic N) is 2. The van der Waals surface area contributed by atoms with E-state index in [0.717, 1.165) is 52.0 Å². The maximum atomic E-state index is 6.16. The molecular weight excluding hydrogens is 266 g/mol. The number of ether oxygens (including phenoxy) is 2. The number of aromatic nitrogens is 2. The van der Waals surface area contributed by atoms with Crippen molar-refractivity contribution in [2.24, 2.45) is 5.92 Å². The summed E-state index contributed by atoms with van der Waals surface area (Å²) in [7, 11) is 0. The van der Waals surface area contributed by atoms with Crippen LogP contribution < -0.4 is 5.32 Å². The van der Waals surface area contributed by atoms with Crippen LogP contribution >= 0.6 is 0 Å². The zero-order valence-electron chi connectivity index (χ0n) is 12.8. The molecule has 0 bridgehead atoms. The van der Waals surface area contributed by atoms with Gasteiger partial charge in [0.15, 0.2) is 0 Å². The van der Waals surface area contributed by atoms with E-state index in [1.54, 1.807) is 6.33 Å². The van der Waals surface area contributed by atoms with Crippen molar-refractivity contribution in [2.45, 2.75) is 44.2 Å². The lowest BCUT2D eigenvalue weighted by Crippen LogP contribution is -2.47. The SMILES string of the molecule is CCNC(c1cncnc1)C1CCOC2(CCOCC2)C1. The van der Waals surface area contributed by atoms with E-state index in [-0.39, 0.29) is 5.60 Å². The van der Waals surface area contributed by atoms with Crippen LogP contribution in [-0.2, 0) is 9.47 Å². The summed E-state index contributed by atoms with van der Waals surface area (Å²) in [4.78, 5) is 8.37. The summed E-state index contributed by atoms with van der Waals surface area (Å²) in [5.74, 6) is 0.572. The Bertz CT molecular complexity index is 429. The molecule has 0 aliphatic carbocycles. The average Bonchev–Trinajstić information content (AvgIpc) is 2.54. The Labute approximate surface area is 126 Å². The molecule has 2 aliphatic rings. The topological polar surface area (TPSA) is 56.3 Å². The highest BCUT2D eigenvalue weighted by Gasteiger charge is 2.41. The highest BCUT2D eigenvalue weighted by molar-refractivity contribution is 5.12. The molecule has 21 heavy (non-hydrogen) atoms. The third-order valence-corrected chi connectivity index (χ3v) is 4.77. The normalized spacial score (nSPS) is 26.6. The predicted molar refractivity (Wildman–Crippen MR) is 79.9 cm³/mol. The van der Waals surface area contributed by atoms with Crippen LogP contribution in [0.5, 0.6) is 0 Å². The summed E-state index contributed by atoms with van der Waals surface area (Å²) in [5.41, 5.74) is 1.22. The molecule has 5 nitrogen and oxygen atoms in total. The molecule has 2 aliphatic heterocycles. The van der Waals surface area contributed by atoms with Crippen molar-refractivity contribution in [3.8, 4) is 0 Å². The molecule has 1 N–H and O–H groups in total. The molecule has 2 unspecified atom stereocenters. The maximum absolute atomic E-state index is 6.16. The van der Waals surface area contributed by atoms with Crippen LogP contribution in [0.25, 0.3) is 0 Å². The van der Waals surface area contributed by atoms with Crippen LogP contribution in [0, 0.1) is 5.92 Å². The molecule has 2 atom stereocenters. The molecule has 2 fully saturated rings. The first-order chi connectivity index (χ1) is 10.3. The average molecular weight is 291 g/mol. The maximum Gasteiger partial charge on any atom is 0.115 e. The van der Waals surface area contributed by atoms with Gasteiger partial charge in [0.1, 0.15) is 6.33 Å². The largest absolute Gasteiger partial charge is 0.381 e. The number of nitrogens with one attached hydrogen (secondary N) is 1. The van der Waals surface area contributed by atoms with E-state index in [4.69, 9.17) is 9.47 Å². The molecule has 1 aromatic heterocycles. The van der Waals surface area contributed by atoms with Gasteiger partial charge in [-0.1, -0.05) is 6.92 Å². The van der Waals surface area contributed by atoms with Gasteiger partial charge in [0.2, 0.25) is 0 Å². The molecule has 3 heterocycles. The van der Waals surface area contributed by atoms with Gasteiger partial charge in [-0.15, -0.1) is 0 Å². The van der Waals surface area contributed by atoms with Gasteiger partial charge in [0.05, 0.1) is 5.60 Å². The third kappa shape index (κ3) is 3.42. The van der Waals surface area contributed by atoms with Crippen LogP contribution in [0.3, 0.4) is 0 Å². The molecule has 0 amide bonds. The Balaban J connectivity index is 1.76. The van der Waals surface area contributed by atoms with Gasteiger partial charge in [-0.25, -0.2) is 9.97 Å². The van der Waals surface area contributed by atoms with Crippen LogP contribution in [0.1, 0.15) is 44.2 Å². The van der Waals surface area contributed by atoms with Gasteiger partial charge in [0, 0.05) is 43.8 Å². The molecule has 1 spiro atoms. The number of hydrogen-bond acceptors (Lipinski definition) is 5. The van der Waals surface area contributed by atoms with Crippen molar-refractivity contribution in [1.82, 2.24) is 15.3 Å². The van der Waals surface area contributed by atoms with Crippen LogP contribution in [0.4, 0.5) is 0 Å². The van der Waals surface area contributed by atoms with Crippen LogP contribution in [-0.4, -0.2) is 41.9 Å². The predicted octanol–water partition coefficient (Wildman–Crippen LogP) is 2.10. The van der Waals surface area contributed by atoms with Crippen molar-refractivity contribution < 1.29 is 9.47 Å². The van der Waals surface area contributed by atoms with Gasteiger partial charge in [0.25, 0.3) is 0 Å². The fourth-order valence-electron chi connectivity index (χ4n) is 3.69. The smallest absolute Gasteiger partial charge is 0.115 e. The summed E-state index contributed by atoms with van der Waals surface area (Å²) in [6.07, 6.45) is 9.70. The lowest BCUT2D eigenvalue weighted by atomic mass is 9.76. The molecule has 3 rings (SSSR count). The fourth-order valence-corrected chi connectivity index (χ4v) is 3.69. The fraction of sp³-hybridized carbons (Fsp3) is 0.750. The summed E-state index contributed by atoms with van der Waals surface area (Å²) in [6.45, 7) is 5.60. The van der Waals surface area contributed by atoms with E-state index in [9.17, 15) is 0 Å². The van der Waals surface area contributed by atoms with E-state index in [1.165, 1.54) is 5.56 Å². The van der Waals surface area contributed by atoms with Crippen molar-refractivity contribution >= 4 is 0 Å². The minimum atomic E-state index is 0.0322. The molecule has 2 saturated heterocycles. The summed E-state index contributed by atoms with van der Waals surface area (Å²) >= 11 is 0. The van der Waals surface area contributed by atoms with E-state index in [2.05, 4.69) is 22.2 Å². The number of hydrogen-bond donors (Lipinski definition) is 1. The van der Waals surface area contributed by atoms with Crippen molar-refractivity contribution in [2.75, 3.05) is 26.4 Å². The Morgan fingerprint density at radius 1 is 1.29 bits per heavy atom. The standard InChI is InChI=1S/C16H25N3O2/c1-2-19-15(14-10-17-12-18-11-14)13-3-6-21-16(9-13)4-7-20-8-5-16/h10-13,15,19H,2-9H2,1H3. The van der Waals surface area contributed by atoms with Crippen molar-refractivity contribution in [3.05, 3.63) is 24.3 Å². The second-order valence-electron chi connectivity index (χ2n) is 6.10. The highest BCUT2D eigenvalue weighted by Crippen LogP contribution is 2.41. The van der Waals surface area contributed by atoms with Gasteiger partial charge in [-0.05, 0) is 38.1 Å². The van der Waals surface area contributed by atoms with Gasteiger partial charge in [-0.3, -0.25) is 0 Å². The third-order valence-electron chi connectivity index (χ3n) is 4.77. The minimum absolute atomic E-state index is 0.0322. The Morgan fingerprint density at radius 3 is 2.76 bits per heavy atom. The molecule has 0 radical (unpaired) electrons. The zero-order valence-corrected chi connectivity index (χ0v) is 12.8. The second kappa shape index (κ2) is 6.81. The molecule has 5 heteroatoms. The van der Waals surface area contributed by atoms with Gasteiger partial charge >= 0.3 is 0 Å². The van der Waals surface area contributed by atoms with Crippen LogP contribution in [0.2, 0.25) is 0 Å². The second-order valence-corrected chi connectivity index (χ2v) is 6.10. The first-order valence-electron chi connectivity index (χ1n) is 8.03. The summed E-state index contributed by atoms with van der Waals surface area (Å²) in [5, 5.41) is 3.62. The number of rotatable bonds is 4. The molecular formula is C16H25N3O2. The first-order valence-corrected chi connectivity index (χ1v) is 8.03. The molecule has 116 valence electrons. The van der Waals surface area contributed by atoms with E-state index >= 15 is 0 Å². The van der Waals surface area contributed by atoms with Gasteiger partial charge < -0.3 is 14.8 Å². The van der Waals surface area contributed by atoms with Crippen molar-refractivity contribution in [3.63, 3.8) is 0 Å². The van der Waals surface area contributed by atoms with Crippen LogP contribution in [0.15, 0.2) is 18.7 Å². The van der Waals surface area contributed by atoms with E-state index in [0.29, 0.717) is 12.0 Å². The monoisotopic (exact) mass is 291 g/mol. The van der Waals surface area contributed by atoms with Crippen molar-refractivity contribution in [1.29, 1.82) is 0 Å². The Morgan fingerprint density at radius 2 is 2.05 bits per heavy atom. The molecule has 0 aromatic carbocycles. The quantitative estimate of drug-likeness (QED) is 0.920. The van der Waals surface area contributed by atoms with E-state index < -0.39 is 0 Å². The molecule has 1 aromatic rings. The lowest BCUT2D eigenvalue weighted by molar-refractivity contribution is -0.150. The van der Waals surface area contributed by atoms with Gasteiger partial charge in [-0.2, -0.15) is 0 Å². The highest BCUT2D eigenvalue weighted by atomic mass is 16.5. The Kier molecular flexibility index (Phi) is 4.83. The lowest BCUT2D eigenvalue weighted by Gasteiger charge is -2.45. The zero-order chi connectivity index (χ0) is 14.5. The first kappa shape index (κ1) is 14.9. The summed E-state index contributed by atoms with van der Waals surface area (Å²) < 4.78 is 11.7.